The van der Waals surface area contributed by atoms with Crippen molar-refractivity contribution in [3.05, 3.63) is 30.3 Å². The predicted molar refractivity (Wildman–Crippen MR) is 79.5 cm³/mol. The summed E-state index contributed by atoms with van der Waals surface area (Å²) in [6.45, 7) is 6.27. The molecular formula is C16H22N2O2. The molecule has 1 N–H and O–H groups in total. The Morgan fingerprint density at radius 2 is 1.80 bits per heavy atom. The van der Waals surface area contributed by atoms with Crippen LogP contribution in [0.4, 0.5) is 5.69 Å². The first-order valence-corrected chi connectivity index (χ1v) is 7.20. The van der Waals surface area contributed by atoms with E-state index >= 15 is 0 Å². The van der Waals surface area contributed by atoms with Gasteiger partial charge in [0.15, 0.2) is 0 Å². The number of hydrogen-bond donors (Lipinski definition) is 1. The molecule has 1 aromatic rings. The number of imide groups is 1. The number of para-hydroxylation sites is 1. The summed E-state index contributed by atoms with van der Waals surface area (Å²) >= 11 is 0. The lowest BCUT2D eigenvalue weighted by atomic mass is 9.94. The second-order valence-corrected chi connectivity index (χ2v) is 5.57. The van der Waals surface area contributed by atoms with Crippen molar-refractivity contribution in [1.29, 1.82) is 0 Å². The fourth-order valence-corrected chi connectivity index (χ4v) is 2.47. The summed E-state index contributed by atoms with van der Waals surface area (Å²) in [7, 11) is 0. The summed E-state index contributed by atoms with van der Waals surface area (Å²) in [5.41, 5.74) is 0.550. The van der Waals surface area contributed by atoms with E-state index in [0.29, 0.717) is 5.69 Å². The Bertz CT molecular complexity index is 494. The van der Waals surface area contributed by atoms with Gasteiger partial charge in [-0.15, -0.1) is 0 Å². The molecule has 1 unspecified atom stereocenters. The highest BCUT2D eigenvalue weighted by atomic mass is 16.2. The fourth-order valence-electron chi connectivity index (χ4n) is 2.47. The molecular weight excluding hydrogens is 252 g/mol. The van der Waals surface area contributed by atoms with Crippen molar-refractivity contribution in [3.8, 4) is 0 Å². The molecule has 1 heterocycles. The van der Waals surface area contributed by atoms with Crippen LogP contribution in [0.2, 0.25) is 0 Å². The van der Waals surface area contributed by atoms with Crippen molar-refractivity contribution in [2.45, 2.75) is 51.6 Å². The van der Waals surface area contributed by atoms with Gasteiger partial charge in [-0.2, -0.15) is 0 Å². The monoisotopic (exact) mass is 274 g/mol. The summed E-state index contributed by atoms with van der Waals surface area (Å²) in [6.07, 6.45) is 2.09. The van der Waals surface area contributed by atoms with Crippen LogP contribution in [0.15, 0.2) is 30.3 Å². The SMILES string of the molecule is CCC(C)(CC)NC1CC(=O)N(c2ccccc2)C1=O. The van der Waals surface area contributed by atoms with Gasteiger partial charge in [-0.05, 0) is 31.9 Å². The van der Waals surface area contributed by atoms with Crippen molar-refractivity contribution in [2.24, 2.45) is 0 Å². The lowest BCUT2D eigenvalue weighted by Crippen LogP contribution is -2.50. The number of nitrogens with zero attached hydrogens (tertiary/aromatic N) is 1. The second-order valence-electron chi connectivity index (χ2n) is 5.57. The molecule has 0 aromatic heterocycles. The second kappa shape index (κ2) is 5.75. The quantitative estimate of drug-likeness (QED) is 0.839. The largest absolute Gasteiger partial charge is 0.300 e. The molecule has 108 valence electrons. The van der Waals surface area contributed by atoms with Gasteiger partial charge in [0.05, 0.1) is 18.2 Å². The van der Waals surface area contributed by atoms with Crippen LogP contribution in [0.1, 0.15) is 40.0 Å². The molecule has 1 aromatic carbocycles. The highest BCUT2D eigenvalue weighted by Crippen LogP contribution is 2.25. The number of benzene rings is 1. The number of hydrogen-bond acceptors (Lipinski definition) is 3. The lowest BCUT2D eigenvalue weighted by molar-refractivity contribution is -0.121. The topological polar surface area (TPSA) is 49.4 Å². The van der Waals surface area contributed by atoms with E-state index in [9.17, 15) is 9.59 Å². The third kappa shape index (κ3) is 2.75. The van der Waals surface area contributed by atoms with Crippen molar-refractivity contribution < 1.29 is 9.59 Å². The third-order valence-electron chi connectivity index (χ3n) is 4.24. The van der Waals surface area contributed by atoms with E-state index in [1.54, 1.807) is 12.1 Å². The lowest BCUT2D eigenvalue weighted by Gasteiger charge is -2.31. The van der Waals surface area contributed by atoms with E-state index in [-0.39, 0.29) is 23.8 Å². The molecule has 0 radical (unpaired) electrons. The summed E-state index contributed by atoms with van der Waals surface area (Å²) in [5, 5.41) is 3.36. The van der Waals surface area contributed by atoms with E-state index in [2.05, 4.69) is 26.1 Å². The molecule has 0 bridgehead atoms. The number of rotatable bonds is 5. The third-order valence-corrected chi connectivity index (χ3v) is 4.24. The fraction of sp³-hybridized carbons (Fsp3) is 0.500. The molecule has 0 saturated carbocycles. The number of carbonyl (C=O) groups excluding carboxylic acids is 2. The van der Waals surface area contributed by atoms with Gasteiger partial charge in [0.1, 0.15) is 0 Å². The molecule has 2 rings (SSSR count). The molecule has 1 fully saturated rings. The Labute approximate surface area is 120 Å². The van der Waals surface area contributed by atoms with Gasteiger partial charge in [-0.3, -0.25) is 9.59 Å². The Kier molecular flexibility index (Phi) is 4.23. The maximum absolute atomic E-state index is 12.5. The van der Waals surface area contributed by atoms with E-state index in [1.165, 1.54) is 4.90 Å². The maximum atomic E-state index is 12.5. The summed E-state index contributed by atoms with van der Waals surface area (Å²) in [6, 6.07) is 8.70. The molecule has 1 atom stereocenters. The van der Waals surface area contributed by atoms with Gasteiger partial charge < -0.3 is 5.32 Å². The first-order chi connectivity index (χ1) is 9.50. The van der Waals surface area contributed by atoms with E-state index in [1.807, 2.05) is 18.2 Å². The molecule has 4 heteroatoms. The number of carbonyl (C=O) groups is 2. The maximum Gasteiger partial charge on any atom is 0.251 e. The van der Waals surface area contributed by atoms with Crippen LogP contribution < -0.4 is 10.2 Å². The molecule has 2 amide bonds. The molecule has 1 aliphatic rings. The van der Waals surface area contributed by atoms with Gasteiger partial charge in [-0.25, -0.2) is 4.90 Å². The van der Waals surface area contributed by atoms with Gasteiger partial charge >= 0.3 is 0 Å². The summed E-state index contributed by atoms with van der Waals surface area (Å²) in [4.78, 5) is 25.9. The van der Waals surface area contributed by atoms with Crippen molar-refractivity contribution in [2.75, 3.05) is 4.90 Å². The average molecular weight is 274 g/mol. The zero-order valence-corrected chi connectivity index (χ0v) is 12.3. The van der Waals surface area contributed by atoms with Crippen LogP contribution in [-0.2, 0) is 9.59 Å². The van der Waals surface area contributed by atoms with Gasteiger partial charge in [0, 0.05) is 5.54 Å². The minimum Gasteiger partial charge on any atom is -0.300 e. The predicted octanol–water partition coefficient (Wildman–Crippen LogP) is 2.49. The zero-order valence-electron chi connectivity index (χ0n) is 12.3. The van der Waals surface area contributed by atoms with Crippen LogP contribution in [0.25, 0.3) is 0 Å². The van der Waals surface area contributed by atoms with Crippen LogP contribution in [0.5, 0.6) is 0 Å². The van der Waals surface area contributed by atoms with E-state index in [0.717, 1.165) is 12.8 Å². The molecule has 0 spiro atoms. The first-order valence-electron chi connectivity index (χ1n) is 7.20. The first kappa shape index (κ1) is 14.7. The minimum atomic E-state index is -0.410. The Hall–Kier alpha value is -1.68. The molecule has 20 heavy (non-hydrogen) atoms. The Morgan fingerprint density at radius 1 is 1.20 bits per heavy atom. The van der Waals surface area contributed by atoms with Crippen LogP contribution in [0.3, 0.4) is 0 Å². The molecule has 1 aliphatic heterocycles. The van der Waals surface area contributed by atoms with Crippen LogP contribution in [0, 0.1) is 0 Å². The zero-order chi connectivity index (χ0) is 14.8. The smallest absolute Gasteiger partial charge is 0.251 e. The Balaban J connectivity index is 2.17. The summed E-state index contributed by atoms with van der Waals surface area (Å²) < 4.78 is 0. The van der Waals surface area contributed by atoms with E-state index in [4.69, 9.17) is 0 Å². The molecule has 0 aliphatic carbocycles. The van der Waals surface area contributed by atoms with Crippen molar-refractivity contribution in [3.63, 3.8) is 0 Å². The van der Waals surface area contributed by atoms with Crippen LogP contribution >= 0.6 is 0 Å². The highest BCUT2D eigenvalue weighted by molar-refractivity contribution is 6.22. The normalized spacial score (nSPS) is 19.8. The highest BCUT2D eigenvalue weighted by Gasteiger charge is 2.41. The van der Waals surface area contributed by atoms with Crippen molar-refractivity contribution in [1.82, 2.24) is 5.32 Å². The molecule has 4 nitrogen and oxygen atoms in total. The van der Waals surface area contributed by atoms with Crippen LogP contribution in [-0.4, -0.2) is 23.4 Å². The Morgan fingerprint density at radius 3 is 2.35 bits per heavy atom. The number of amides is 2. The minimum absolute atomic E-state index is 0.104. The van der Waals surface area contributed by atoms with Crippen molar-refractivity contribution >= 4 is 17.5 Å². The van der Waals surface area contributed by atoms with E-state index < -0.39 is 6.04 Å². The number of anilines is 1. The number of nitrogens with one attached hydrogen (secondary N) is 1. The standard InChI is InChI=1S/C16H22N2O2/c1-4-16(3,5-2)17-13-11-14(19)18(15(13)20)12-9-7-6-8-10-12/h6-10,13,17H,4-5,11H2,1-3H3. The summed E-state index contributed by atoms with van der Waals surface area (Å²) in [5.74, 6) is -0.275. The van der Waals surface area contributed by atoms with Gasteiger partial charge in [0.2, 0.25) is 5.91 Å². The molecule has 1 saturated heterocycles. The average Bonchev–Trinajstić information content (AvgIpc) is 2.74. The van der Waals surface area contributed by atoms with Gasteiger partial charge in [-0.1, -0.05) is 32.0 Å². The van der Waals surface area contributed by atoms with Gasteiger partial charge in [0.25, 0.3) is 5.91 Å².